The van der Waals surface area contributed by atoms with Crippen molar-refractivity contribution in [2.45, 2.75) is 60.3 Å². The van der Waals surface area contributed by atoms with Crippen LogP contribution in [0.1, 0.15) is 57.5 Å². The van der Waals surface area contributed by atoms with Gasteiger partial charge >= 0.3 is 0 Å². The van der Waals surface area contributed by atoms with Gasteiger partial charge in [-0.05, 0) is 12.1 Å². The number of aromatic nitrogens is 4. The number of nitrogens with zero attached hydrogens (tertiary/aromatic N) is 4. The molecule has 0 aromatic carbocycles. The molecule has 5 N–H and O–H groups in total. The standard InChI is InChI=1S/C13H19ClF3N5O.C10H12ClN3O2/c1-12(2,3)11(23)20-8-4-7(9(14)22-21-8)5-19-6-13(17,18)10(15)16;1-10(2,3)9(16)12-7-4-6(5-15)8(11)14-13-7/h4,10,19H,5-6,18H2,1-3H3,(H,20,21,23);4-5H,1-3H3,(H,12,13,16). The van der Waals surface area contributed by atoms with Crippen molar-refractivity contribution in [3.05, 3.63) is 33.6 Å². The SMILES string of the molecule is CC(C)(C)C(=O)Nc1cc(C=O)c(Cl)nn1.CC(C)(C)C(=O)Nc1cc(CNCC(N)(F)C(F)F)c(Cl)nn1. The average Bonchev–Trinajstić information content (AvgIpc) is 2.81. The quantitative estimate of drug-likeness (QED) is 0.261. The van der Waals surface area contributed by atoms with Gasteiger partial charge < -0.3 is 16.0 Å². The van der Waals surface area contributed by atoms with Crippen LogP contribution in [-0.4, -0.2) is 57.3 Å². The van der Waals surface area contributed by atoms with Gasteiger partial charge in [-0.2, -0.15) is 0 Å². The van der Waals surface area contributed by atoms with Gasteiger partial charge in [-0.1, -0.05) is 64.7 Å². The van der Waals surface area contributed by atoms with Crippen LogP contribution in [0.5, 0.6) is 0 Å². The van der Waals surface area contributed by atoms with Gasteiger partial charge in [-0.15, -0.1) is 20.4 Å². The monoisotopic (exact) mass is 594 g/mol. The first-order valence-corrected chi connectivity index (χ1v) is 12.1. The van der Waals surface area contributed by atoms with E-state index in [2.05, 4.69) is 36.3 Å². The summed E-state index contributed by atoms with van der Waals surface area (Å²) in [6, 6.07) is 2.80. The molecule has 0 spiro atoms. The molecule has 0 fully saturated rings. The second kappa shape index (κ2) is 13.9. The fourth-order valence-corrected chi connectivity index (χ4v) is 2.51. The molecule has 0 saturated carbocycles. The van der Waals surface area contributed by atoms with Crippen molar-refractivity contribution in [1.82, 2.24) is 25.7 Å². The fourth-order valence-electron chi connectivity index (χ4n) is 2.21. The van der Waals surface area contributed by atoms with Crippen molar-refractivity contribution in [3.8, 4) is 0 Å². The predicted octanol–water partition coefficient (Wildman–Crippen LogP) is 4.02. The second-order valence-corrected chi connectivity index (χ2v) is 11.1. The Hall–Kier alpha value is -2.94. The van der Waals surface area contributed by atoms with E-state index in [1.165, 1.54) is 12.1 Å². The summed E-state index contributed by atoms with van der Waals surface area (Å²) in [7, 11) is 0. The van der Waals surface area contributed by atoms with Crippen LogP contribution in [0, 0.1) is 10.8 Å². The molecule has 2 rings (SSSR count). The highest BCUT2D eigenvalue weighted by Gasteiger charge is 2.35. The van der Waals surface area contributed by atoms with Gasteiger partial charge in [0.1, 0.15) is 0 Å². The summed E-state index contributed by atoms with van der Waals surface area (Å²) in [6.07, 6.45) is -2.76. The number of aldehydes is 1. The van der Waals surface area contributed by atoms with Gasteiger partial charge in [-0.25, -0.2) is 13.2 Å². The number of hydrogen-bond donors (Lipinski definition) is 4. The first kappa shape index (κ1) is 34.1. The molecule has 0 bridgehead atoms. The Balaban J connectivity index is 0.000000416. The summed E-state index contributed by atoms with van der Waals surface area (Å²) in [6.45, 7) is 9.64. The molecule has 0 aliphatic rings. The van der Waals surface area contributed by atoms with Crippen molar-refractivity contribution >= 4 is 52.9 Å². The van der Waals surface area contributed by atoms with Crippen LogP contribution in [0.2, 0.25) is 10.3 Å². The van der Waals surface area contributed by atoms with E-state index in [9.17, 15) is 27.6 Å². The lowest BCUT2D eigenvalue weighted by Gasteiger charge is -2.20. The average molecular weight is 595 g/mol. The van der Waals surface area contributed by atoms with E-state index in [1.807, 2.05) is 0 Å². The van der Waals surface area contributed by atoms with Crippen molar-refractivity contribution in [2.24, 2.45) is 16.6 Å². The van der Waals surface area contributed by atoms with E-state index in [-0.39, 0.29) is 45.9 Å². The van der Waals surface area contributed by atoms with Crippen LogP contribution in [0.4, 0.5) is 24.8 Å². The summed E-state index contributed by atoms with van der Waals surface area (Å²) >= 11 is 11.4. The second-order valence-electron chi connectivity index (χ2n) is 10.4. The molecule has 2 aromatic heterocycles. The third kappa shape index (κ3) is 11.4. The highest BCUT2D eigenvalue weighted by molar-refractivity contribution is 6.31. The van der Waals surface area contributed by atoms with E-state index in [1.54, 1.807) is 41.5 Å². The van der Waals surface area contributed by atoms with Gasteiger partial charge in [0.15, 0.2) is 28.2 Å². The molecule has 0 saturated heterocycles. The molecule has 16 heteroatoms. The number of nitrogens with one attached hydrogen (secondary N) is 3. The largest absolute Gasteiger partial charge is 0.309 e. The Kier molecular flexibility index (Phi) is 12.2. The van der Waals surface area contributed by atoms with Crippen LogP contribution in [0.15, 0.2) is 12.1 Å². The van der Waals surface area contributed by atoms with Crippen molar-refractivity contribution in [3.63, 3.8) is 0 Å². The zero-order chi connectivity index (χ0) is 30.2. The molecular formula is C23H31Cl2F3N8O3. The highest BCUT2D eigenvalue weighted by atomic mass is 35.5. The molecule has 11 nitrogen and oxygen atoms in total. The molecule has 0 radical (unpaired) electrons. The van der Waals surface area contributed by atoms with Crippen molar-refractivity contribution < 1.29 is 27.6 Å². The Bertz CT molecular complexity index is 1170. The first-order valence-electron chi connectivity index (χ1n) is 11.4. The summed E-state index contributed by atoms with van der Waals surface area (Å²) in [5, 5.41) is 22.2. The van der Waals surface area contributed by atoms with Crippen molar-refractivity contribution in [2.75, 3.05) is 17.2 Å². The molecular weight excluding hydrogens is 564 g/mol. The molecule has 1 atom stereocenters. The number of carbonyl (C=O) groups is 3. The molecule has 39 heavy (non-hydrogen) atoms. The van der Waals surface area contributed by atoms with Crippen LogP contribution in [0.3, 0.4) is 0 Å². The lowest BCUT2D eigenvalue weighted by atomic mass is 9.96. The number of carbonyl (C=O) groups excluding carboxylic acids is 3. The fraction of sp³-hybridized carbons (Fsp3) is 0.522. The normalized spacial score (nSPS) is 13.2. The molecule has 216 valence electrons. The summed E-state index contributed by atoms with van der Waals surface area (Å²) in [5.41, 5.74) is 4.19. The number of anilines is 2. The smallest absolute Gasteiger partial charge is 0.286 e. The first-order chi connectivity index (χ1) is 17.8. The Morgan fingerprint density at radius 2 is 1.38 bits per heavy atom. The van der Waals surface area contributed by atoms with Gasteiger partial charge in [0.25, 0.3) is 6.43 Å². The van der Waals surface area contributed by atoms with Gasteiger partial charge in [-0.3, -0.25) is 20.1 Å². The van der Waals surface area contributed by atoms with Crippen LogP contribution >= 0.6 is 23.2 Å². The number of halogens is 5. The number of rotatable bonds is 8. The minimum Gasteiger partial charge on any atom is -0.309 e. The molecule has 2 aromatic rings. The van der Waals surface area contributed by atoms with E-state index >= 15 is 0 Å². The third-order valence-electron chi connectivity index (χ3n) is 4.64. The minimum absolute atomic E-state index is 0.00443. The zero-order valence-electron chi connectivity index (χ0n) is 22.2. The number of hydrogen-bond acceptors (Lipinski definition) is 9. The van der Waals surface area contributed by atoms with Crippen LogP contribution in [0.25, 0.3) is 0 Å². The summed E-state index contributed by atoms with van der Waals surface area (Å²) in [4.78, 5) is 34.1. The molecule has 1 unspecified atom stereocenters. The van der Waals surface area contributed by atoms with E-state index < -0.39 is 29.6 Å². The lowest BCUT2D eigenvalue weighted by Crippen LogP contribution is -2.50. The van der Waals surface area contributed by atoms with Gasteiger partial charge in [0.2, 0.25) is 17.6 Å². The maximum atomic E-state index is 13.2. The molecule has 0 aliphatic heterocycles. The summed E-state index contributed by atoms with van der Waals surface area (Å²) < 4.78 is 37.8. The Morgan fingerprint density at radius 1 is 0.923 bits per heavy atom. The molecule has 2 amide bonds. The Morgan fingerprint density at radius 3 is 1.82 bits per heavy atom. The number of alkyl halides is 3. The maximum Gasteiger partial charge on any atom is 0.286 e. The molecule has 0 aliphatic carbocycles. The third-order valence-corrected chi connectivity index (χ3v) is 5.26. The maximum absolute atomic E-state index is 13.2. The topological polar surface area (TPSA) is 165 Å². The number of amides is 2. The van der Waals surface area contributed by atoms with Gasteiger partial charge in [0.05, 0.1) is 5.56 Å². The zero-order valence-corrected chi connectivity index (χ0v) is 23.7. The highest BCUT2D eigenvalue weighted by Crippen LogP contribution is 2.20. The minimum atomic E-state index is -3.32. The predicted molar refractivity (Wildman–Crippen MR) is 141 cm³/mol. The van der Waals surface area contributed by atoms with Gasteiger partial charge in [0, 0.05) is 29.5 Å². The van der Waals surface area contributed by atoms with Crippen LogP contribution < -0.4 is 21.7 Å². The van der Waals surface area contributed by atoms with E-state index in [0.29, 0.717) is 11.8 Å². The number of nitrogens with two attached hydrogens (primary N) is 1. The van der Waals surface area contributed by atoms with E-state index in [4.69, 9.17) is 28.9 Å². The van der Waals surface area contributed by atoms with Crippen molar-refractivity contribution in [1.29, 1.82) is 0 Å². The molecule has 2 heterocycles. The Labute approximate surface area is 233 Å². The van der Waals surface area contributed by atoms with E-state index in [0.717, 1.165) is 0 Å². The van der Waals surface area contributed by atoms with Crippen LogP contribution in [-0.2, 0) is 16.1 Å². The lowest BCUT2D eigenvalue weighted by molar-refractivity contribution is -0.123. The summed E-state index contributed by atoms with van der Waals surface area (Å²) in [5.74, 6) is -3.27.